The Kier molecular flexibility index (Phi) is 5.31. The number of rotatable bonds is 5. The van der Waals surface area contributed by atoms with Crippen LogP contribution < -0.4 is 5.32 Å². The summed E-state index contributed by atoms with van der Waals surface area (Å²) >= 11 is 0. The zero-order valence-electron chi connectivity index (χ0n) is 9.31. The zero-order valence-corrected chi connectivity index (χ0v) is 9.31. The van der Waals surface area contributed by atoms with E-state index in [9.17, 15) is 31.9 Å². The molecule has 0 aliphatic carbocycles. The number of amides is 1. The van der Waals surface area contributed by atoms with Crippen LogP contribution >= 0.6 is 0 Å². The summed E-state index contributed by atoms with van der Waals surface area (Å²) in [6.45, 7) is 2.83. The van der Waals surface area contributed by atoms with Crippen molar-refractivity contribution in [1.82, 2.24) is 5.32 Å². The van der Waals surface area contributed by atoms with Crippen molar-refractivity contribution in [3.8, 4) is 0 Å². The van der Waals surface area contributed by atoms with Crippen LogP contribution in [0.15, 0.2) is 0 Å². The fourth-order valence-corrected chi connectivity index (χ4v) is 1.08. The molecule has 0 spiro atoms. The van der Waals surface area contributed by atoms with Gasteiger partial charge >= 0.3 is 12.1 Å². The highest BCUT2D eigenvalue weighted by atomic mass is 19.4. The summed E-state index contributed by atoms with van der Waals surface area (Å²) in [6, 6.07) is 0. The van der Waals surface area contributed by atoms with Crippen LogP contribution in [0.1, 0.15) is 20.3 Å². The Hall–Kier alpha value is -0.920. The molecule has 0 aliphatic heterocycles. The summed E-state index contributed by atoms with van der Waals surface area (Å²) in [5, 5.41) is 10.6. The Morgan fingerprint density at radius 1 is 1.24 bits per heavy atom. The van der Waals surface area contributed by atoms with Gasteiger partial charge in [0.1, 0.15) is 0 Å². The van der Waals surface area contributed by atoms with E-state index >= 15 is 0 Å². The first-order valence-corrected chi connectivity index (χ1v) is 4.89. The lowest BCUT2D eigenvalue weighted by molar-refractivity contribution is -0.269. The molecule has 0 aromatic carbocycles. The second-order valence-electron chi connectivity index (χ2n) is 4.07. The van der Waals surface area contributed by atoms with Crippen LogP contribution in [0.5, 0.6) is 0 Å². The topological polar surface area (TPSA) is 49.3 Å². The molecule has 1 atom stereocenters. The number of carbonyl (C=O) groups is 1. The van der Waals surface area contributed by atoms with Gasteiger partial charge in [-0.15, -0.1) is 0 Å². The molecule has 8 heteroatoms. The molecule has 0 rings (SSSR count). The van der Waals surface area contributed by atoms with Crippen LogP contribution in [0.4, 0.5) is 22.0 Å². The maximum Gasteiger partial charge on any atom is 0.463 e. The largest absolute Gasteiger partial charge is 0.463 e. The quantitative estimate of drug-likeness (QED) is 0.742. The van der Waals surface area contributed by atoms with Crippen molar-refractivity contribution in [3.63, 3.8) is 0 Å². The zero-order chi connectivity index (χ0) is 13.9. The van der Waals surface area contributed by atoms with Crippen LogP contribution in [0.3, 0.4) is 0 Å². The first-order chi connectivity index (χ1) is 7.48. The minimum absolute atomic E-state index is 0.0324. The third-order valence-corrected chi connectivity index (χ3v) is 1.88. The van der Waals surface area contributed by atoms with Gasteiger partial charge in [-0.1, -0.05) is 13.8 Å². The summed E-state index contributed by atoms with van der Waals surface area (Å²) < 4.78 is 60.1. The van der Waals surface area contributed by atoms with Crippen molar-refractivity contribution in [2.75, 3.05) is 6.54 Å². The van der Waals surface area contributed by atoms with Gasteiger partial charge in [-0.3, -0.25) is 4.79 Å². The van der Waals surface area contributed by atoms with E-state index in [2.05, 4.69) is 0 Å². The number of halogens is 5. The molecule has 0 aliphatic rings. The minimum atomic E-state index is -5.93. The van der Waals surface area contributed by atoms with Crippen molar-refractivity contribution in [2.45, 2.75) is 38.5 Å². The second-order valence-corrected chi connectivity index (χ2v) is 4.07. The number of alkyl halides is 5. The lowest BCUT2D eigenvalue weighted by Gasteiger charge is -2.20. The lowest BCUT2D eigenvalue weighted by atomic mass is 10.1. The third kappa shape index (κ3) is 4.84. The average Bonchev–Trinajstić information content (AvgIpc) is 2.10. The van der Waals surface area contributed by atoms with Gasteiger partial charge in [0.2, 0.25) is 0 Å². The summed E-state index contributed by atoms with van der Waals surface area (Å²) in [7, 11) is 0. The Bertz CT molecular complexity index is 265. The molecule has 0 heterocycles. The summed E-state index contributed by atoms with van der Waals surface area (Å²) in [5.41, 5.74) is 0. The number of nitrogens with one attached hydrogen (secondary N) is 1. The predicted octanol–water partition coefficient (Wildman–Crippen LogP) is 1.71. The van der Waals surface area contributed by atoms with Gasteiger partial charge < -0.3 is 10.4 Å². The molecule has 0 aromatic heterocycles. The Labute approximate surface area is 95.0 Å². The fraction of sp³-hybridized carbons (Fsp3) is 0.889. The molecule has 1 unspecified atom stereocenters. The molecule has 0 saturated heterocycles. The monoisotopic (exact) mass is 263 g/mol. The van der Waals surface area contributed by atoms with E-state index in [4.69, 9.17) is 0 Å². The van der Waals surface area contributed by atoms with E-state index in [0.29, 0.717) is 0 Å². The summed E-state index contributed by atoms with van der Waals surface area (Å²) in [6.07, 6.45) is -6.89. The van der Waals surface area contributed by atoms with Crippen molar-refractivity contribution in [2.24, 2.45) is 5.92 Å². The van der Waals surface area contributed by atoms with Gasteiger partial charge in [0, 0.05) is 6.54 Å². The van der Waals surface area contributed by atoms with Crippen molar-refractivity contribution in [1.29, 1.82) is 0 Å². The number of carbonyl (C=O) groups excluding carboxylic acids is 1. The van der Waals surface area contributed by atoms with Gasteiger partial charge in [0.25, 0.3) is 5.91 Å². The maximum atomic E-state index is 12.4. The highest BCUT2D eigenvalue weighted by Gasteiger charge is 2.63. The molecule has 0 fully saturated rings. The Morgan fingerprint density at radius 2 is 1.71 bits per heavy atom. The molecule has 0 radical (unpaired) electrons. The molecular formula is C9H14F5NO2. The average molecular weight is 263 g/mol. The van der Waals surface area contributed by atoms with Crippen LogP contribution in [0.25, 0.3) is 0 Å². The molecular weight excluding hydrogens is 249 g/mol. The van der Waals surface area contributed by atoms with Gasteiger partial charge in [0.05, 0.1) is 6.10 Å². The normalized spacial score (nSPS) is 14.9. The van der Waals surface area contributed by atoms with Gasteiger partial charge in [-0.25, -0.2) is 0 Å². The molecule has 0 bridgehead atoms. The van der Waals surface area contributed by atoms with Crippen molar-refractivity contribution < 1.29 is 31.9 Å². The molecule has 1 amide bonds. The van der Waals surface area contributed by atoms with Gasteiger partial charge in [0.15, 0.2) is 0 Å². The number of hydrogen-bond acceptors (Lipinski definition) is 2. The predicted molar refractivity (Wildman–Crippen MR) is 49.5 cm³/mol. The lowest BCUT2D eigenvalue weighted by Crippen LogP contribution is -2.51. The van der Waals surface area contributed by atoms with Crippen LogP contribution in [-0.2, 0) is 4.79 Å². The Morgan fingerprint density at radius 3 is 2.06 bits per heavy atom. The first-order valence-electron chi connectivity index (χ1n) is 4.89. The van der Waals surface area contributed by atoms with Crippen LogP contribution in [0.2, 0.25) is 0 Å². The van der Waals surface area contributed by atoms with Gasteiger partial charge in [-0.2, -0.15) is 22.0 Å². The summed E-state index contributed by atoms with van der Waals surface area (Å²) in [4.78, 5) is 10.6. The Balaban J connectivity index is 4.28. The van der Waals surface area contributed by atoms with E-state index in [1.165, 1.54) is 5.32 Å². The van der Waals surface area contributed by atoms with E-state index in [1.807, 2.05) is 0 Å². The molecule has 17 heavy (non-hydrogen) atoms. The van der Waals surface area contributed by atoms with Crippen molar-refractivity contribution in [3.05, 3.63) is 0 Å². The van der Waals surface area contributed by atoms with Crippen molar-refractivity contribution >= 4 is 5.91 Å². The van der Waals surface area contributed by atoms with E-state index in [0.717, 1.165) is 0 Å². The van der Waals surface area contributed by atoms with Gasteiger partial charge in [-0.05, 0) is 12.3 Å². The van der Waals surface area contributed by atoms with E-state index < -0.39 is 30.7 Å². The second kappa shape index (κ2) is 5.61. The minimum Gasteiger partial charge on any atom is -0.391 e. The molecule has 3 nitrogen and oxygen atoms in total. The molecule has 2 N–H and O–H groups in total. The third-order valence-electron chi connectivity index (χ3n) is 1.88. The molecule has 0 saturated carbocycles. The maximum absolute atomic E-state index is 12.4. The smallest absolute Gasteiger partial charge is 0.391 e. The van der Waals surface area contributed by atoms with Crippen LogP contribution in [-0.4, -0.2) is 35.8 Å². The number of aliphatic hydroxyl groups is 1. The fourth-order valence-electron chi connectivity index (χ4n) is 1.08. The van der Waals surface area contributed by atoms with E-state index in [-0.39, 0.29) is 12.3 Å². The van der Waals surface area contributed by atoms with E-state index in [1.54, 1.807) is 13.8 Å². The molecule has 102 valence electrons. The number of aliphatic hydroxyl groups excluding tert-OH is 1. The SMILES string of the molecule is CC(C)CC(O)CNC(=O)C(F)(F)C(F)(F)F. The first kappa shape index (κ1) is 16.1. The standard InChI is InChI=1S/C9H14F5NO2/c1-5(2)3-6(16)4-15-7(17)8(10,11)9(12,13)14/h5-6,16H,3-4H2,1-2H3,(H,15,17). The molecule has 0 aromatic rings. The summed E-state index contributed by atoms with van der Waals surface area (Å²) in [5.74, 6) is -7.86. The highest BCUT2D eigenvalue weighted by Crippen LogP contribution is 2.35. The van der Waals surface area contributed by atoms with Crippen LogP contribution in [0, 0.1) is 5.92 Å². The number of hydrogen-bond donors (Lipinski definition) is 2. The highest BCUT2D eigenvalue weighted by molar-refractivity contribution is 5.84.